The summed E-state index contributed by atoms with van der Waals surface area (Å²) in [6.07, 6.45) is 7.98. The molecule has 0 aliphatic carbocycles. The van der Waals surface area contributed by atoms with Crippen molar-refractivity contribution in [2.45, 2.75) is 64.5 Å². The first-order valence-electron chi connectivity index (χ1n) is 6.47. The third-order valence-electron chi connectivity index (χ3n) is 3.29. The van der Waals surface area contributed by atoms with Gasteiger partial charge in [0.1, 0.15) is 11.6 Å². The summed E-state index contributed by atoms with van der Waals surface area (Å²) in [6.45, 7) is 3.25. The van der Waals surface area contributed by atoms with E-state index in [4.69, 9.17) is 5.73 Å². The van der Waals surface area contributed by atoms with Gasteiger partial charge in [0.25, 0.3) is 0 Å². The smallest absolute Gasteiger partial charge is 0.134 e. The molecule has 1 aliphatic heterocycles. The van der Waals surface area contributed by atoms with Gasteiger partial charge in [-0.05, 0) is 19.3 Å². The van der Waals surface area contributed by atoms with Crippen molar-refractivity contribution < 1.29 is 0 Å². The standard InChI is InChI=1S/C12H22N4/c1-2-6-10(13)9-12-15-14-11-7-4-3-5-8-16(11)12/h10H,2-9,13H2,1H3. The highest BCUT2D eigenvalue weighted by Gasteiger charge is 2.16. The largest absolute Gasteiger partial charge is 0.327 e. The molecule has 1 unspecified atom stereocenters. The number of hydrogen-bond acceptors (Lipinski definition) is 3. The highest BCUT2D eigenvalue weighted by Crippen LogP contribution is 2.15. The van der Waals surface area contributed by atoms with Gasteiger partial charge >= 0.3 is 0 Å². The molecule has 1 aromatic heterocycles. The zero-order valence-electron chi connectivity index (χ0n) is 10.2. The summed E-state index contributed by atoms with van der Waals surface area (Å²) in [5.41, 5.74) is 6.07. The van der Waals surface area contributed by atoms with Crippen molar-refractivity contribution in [3.05, 3.63) is 11.6 Å². The van der Waals surface area contributed by atoms with E-state index in [2.05, 4.69) is 21.7 Å². The average Bonchev–Trinajstić information content (AvgIpc) is 2.51. The molecule has 0 bridgehead atoms. The van der Waals surface area contributed by atoms with E-state index < -0.39 is 0 Å². The van der Waals surface area contributed by atoms with Gasteiger partial charge < -0.3 is 10.3 Å². The molecule has 16 heavy (non-hydrogen) atoms. The summed E-state index contributed by atoms with van der Waals surface area (Å²) >= 11 is 0. The van der Waals surface area contributed by atoms with Crippen LogP contribution in [0.15, 0.2) is 0 Å². The Bertz CT molecular complexity index is 332. The van der Waals surface area contributed by atoms with Crippen LogP contribution in [0.3, 0.4) is 0 Å². The Kier molecular flexibility index (Phi) is 3.93. The first-order chi connectivity index (χ1) is 7.81. The van der Waals surface area contributed by atoms with Crippen molar-refractivity contribution in [1.29, 1.82) is 0 Å². The summed E-state index contributed by atoms with van der Waals surface area (Å²) in [7, 11) is 0. The fraction of sp³-hybridized carbons (Fsp3) is 0.833. The summed E-state index contributed by atoms with van der Waals surface area (Å²) < 4.78 is 2.29. The van der Waals surface area contributed by atoms with Crippen molar-refractivity contribution in [2.24, 2.45) is 5.73 Å². The molecule has 0 aromatic carbocycles. The molecular weight excluding hydrogens is 200 g/mol. The summed E-state index contributed by atoms with van der Waals surface area (Å²) in [4.78, 5) is 0. The lowest BCUT2D eigenvalue weighted by atomic mass is 10.1. The molecule has 1 aliphatic rings. The van der Waals surface area contributed by atoms with Crippen LogP contribution in [0.4, 0.5) is 0 Å². The highest BCUT2D eigenvalue weighted by molar-refractivity contribution is 4.99. The molecule has 4 nitrogen and oxygen atoms in total. The monoisotopic (exact) mass is 222 g/mol. The molecule has 0 saturated carbocycles. The zero-order chi connectivity index (χ0) is 11.4. The number of hydrogen-bond donors (Lipinski definition) is 1. The number of nitrogens with two attached hydrogens (primary N) is 1. The molecule has 0 spiro atoms. The molecule has 0 radical (unpaired) electrons. The van der Waals surface area contributed by atoms with Gasteiger partial charge in [0.05, 0.1) is 0 Å². The number of fused-ring (bicyclic) bond motifs is 1. The Morgan fingerprint density at radius 3 is 3.00 bits per heavy atom. The SMILES string of the molecule is CCCC(N)Cc1nnc2n1CCCCC2. The Labute approximate surface area is 97.2 Å². The van der Waals surface area contributed by atoms with Gasteiger partial charge in [-0.25, -0.2) is 0 Å². The average molecular weight is 222 g/mol. The Morgan fingerprint density at radius 1 is 1.31 bits per heavy atom. The first-order valence-corrected chi connectivity index (χ1v) is 6.47. The first kappa shape index (κ1) is 11.6. The van der Waals surface area contributed by atoms with Gasteiger partial charge in [0, 0.05) is 25.4 Å². The van der Waals surface area contributed by atoms with Crippen LogP contribution in [0.5, 0.6) is 0 Å². The second-order valence-corrected chi connectivity index (χ2v) is 4.75. The van der Waals surface area contributed by atoms with E-state index in [1.165, 1.54) is 19.3 Å². The molecular formula is C12H22N4. The molecule has 4 heteroatoms. The molecule has 1 aromatic rings. The minimum atomic E-state index is 0.238. The van der Waals surface area contributed by atoms with E-state index >= 15 is 0 Å². The minimum Gasteiger partial charge on any atom is -0.327 e. The predicted octanol–water partition coefficient (Wildman–Crippen LogP) is 1.67. The molecule has 90 valence electrons. The second kappa shape index (κ2) is 5.43. The maximum absolute atomic E-state index is 6.07. The quantitative estimate of drug-likeness (QED) is 0.843. The van der Waals surface area contributed by atoms with Crippen molar-refractivity contribution in [1.82, 2.24) is 14.8 Å². The molecule has 2 N–H and O–H groups in total. The van der Waals surface area contributed by atoms with Crippen molar-refractivity contribution >= 4 is 0 Å². The Morgan fingerprint density at radius 2 is 2.19 bits per heavy atom. The fourth-order valence-electron chi connectivity index (χ4n) is 2.40. The summed E-state index contributed by atoms with van der Waals surface area (Å²) in [5, 5.41) is 8.58. The van der Waals surface area contributed by atoms with E-state index in [9.17, 15) is 0 Å². The third kappa shape index (κ3) is 2.61. The van der Waals surface area contributed by atoms with Crippen LogP contribution in [-0.4, -0.2) is 20.8 Å². The minimum absolute atomic E-state index is 0.238. The van der Waals surface area contributed by atoms with Crippen LogP contribution >= 0.6 is 0 Å². The normalized spacial score (nSPS) is 17.9. The van der Waals surface area contributed by atoms with E-state index in [-0.39, 0.29) is 6.04 Å². The van der Waals surface area contributed by atoms with Crippen LogP contribution in [-0.2, 0) is 19.4 Å². The van der Waals surface area contributed by atoms with Crippen LogP contribution in [0, 0.1) is 0 Å². The molecule has 0 amide bonds. The van der Waals surface area contributed by atoms with Gasteiger partial charge in [0.2, 0.25) is 0 Å². The number of rotatable bonds is 4. The predicted molar refractivity (Wildman–Crippen MR) is 64.2 cm³/mol. The van der Waals surface area contributed by atoms with Crippen LogP contribution in [0.2, 0.25) is 0 Å². The van der Waals surface area contributed by atoms with E-state index in [0.717, 1.165) is 43.9 Å². The summed E-state index contributed by atoms with van der Waals surface area (Å²) in [5.74, 6) is 2.26. The van der Waals surface area contributed by atoms with Crippen molar-refractivity contribution in [3.8, 4) is 0 Å². The van der Waals surface area contributed by atoms with Crippen LogP contribution < -0.4 is 5.73 Å². The molecule has 0 fully saturated rings. The van der Waals surface area contributed by atoms with Crippen LogP contribution in [0.1, 0.15) is 50.7 Å². The lowest BCUT2D eigenvalue weighted by molar-refractivity contribution is 0.545. The van der Waals surface area contributed by atoms with Crippen molar-refractivity contribution in [2.75, 3.05) is 0 Å². The molecule has 2 heterocycles. The van der Waals surface area contributed by atoms with Gasteiger partial charge in [-0.1, -0.05) is 19.8 Å². The fourth-order valence-corrected chi connectivity index (χ4v) is 2.40. The third-order valence-corrected chi connectivity index (χ3v) is 3.29. The lowest BCUT2D eigenvalue weighted by Gasteiger charge is -2.11. The van der Waals surface area contributed by atoms with Gasteiger partial charge in [-0.2, -0.15) is 0 Å². The number of nitrogens with zero attached hydrogens (tertiary/aromatic N) is 3. The molecule has 1 atom stereocenters. The van der Waals surface area contributed by atoms with E-state index in [1.54, 1.807) is 0 Å². The molecule has 2 rings (SSSR count). The Balaban J connectivity index is 2.07. The maximum atomic E-state index is 6.07. The van der Waals surface area contributed by atoms with E-state index in [1.807, 2.05) is 0 Å². The molecule has 0 saturated heterocycles. The van der Waals surface area contributed by atoms with Crippen molar-refractivity contribution in [3.63, 3.8) is 0 Å². The number of aromatic nitrogens is 3. The lowest BCUT2D eigenvalue weighted by Crippen LogP contribution is -2.24. The highest BCUT2D eigenvalue weighted by atomic mass is 15.3. The van der Waals surface area contributed by atoms with Gasteiger partial charge in [-0.15, -0.1) is 10.2 Å². The summed E-state index contributed by atoms with van der Waals surface area (Å²) in [6, 6.07) is 0.238. The van der Waals surface area contributed by atoms with Gasteiger partial charge in [0.15, 0.2) is 0 Å². The zero-order valence-corrected chi connectivity index (χ0v) is 10.2. The Hall–Kier alpha value is -0.900. The van der Waals surface area contributed by atoms with Crippen LogP contribution in [0.25, 0.3) is 0 Å². The maximum Gasteiger partial charge on any atom is 0.134 e. The number of aryl methyl sites for hydroxylation is 1. The second-order valence-electron chi connectivity index (χ2n) is 4.75. The van der Waals surface area contributed by atoms with E-state index in [0.29, 0.717) is 0 Å². The van der Waals surface area contributed by atoms with Gasteiger partial charge in [-0.3, -0.25) is 0 Å². The topological polar surface area (TPSA) is 56.7 Å².